The van der Waals surface area contributed by atoms with Gasteiger partial charge in [-0.25, -0.2) is 18.0 Å². The Morgan fingerprint density at radius 3 is 2.58 bits per heavy atom. The van der Waals surface area contributed by atoms with Crippen molar-refractivity contribution in [1.29, 1.82) is 0 Å². The van der Waals surface area contributed by atoms with Crippen molar-refractivity contribution in [3.05, 3.63) is 70.4 Å². The number of fused-ring (bicyclic) bond motifs is 1. The molecule has 3 aromatic rings. The van der Waals surface area contributed by atoms with Crippen LogP contribution in [0, 0.1) is 11.6 Å². The van der Waals surface area contributed by atoms with E-state index in [-0.39, 0.29) is 17.9 Å². The number of rotatable bonds is 6. The minimum atomic E-state index is -2.02. The lowest BCUT2D eigenvalue weighted by molar-refractivity contribution is -0.138. The molecule has 2 heterocycles. The molecule has 36 heavy (non-hydrogen) atoms. The highest BCUT2D eigenvalue weighted by atomic mass is 35.5. The summed E-state index contributed by atoms with van der Waals surface area (Å²) in [5.41, 5.74) is 9.46. The van der Waals surface area contributed by atoms with E-state index < -0.39 is 66.4 Å². The number of hydrogen-bond donors (Lipinski definition) is 3. The van der Waals surface area contributed by atoms with E-state index >= 15 is 4.39 Å². The second-order valence-corrected chi connectivity index (χ2v) is 9.10. The van der Waals surface area contributed by atoms with Crippen LogP contribution in [0.4, 0.5) is 18.0 Å². The van der Waals surface area contributed by atoms with Crippen molar-refractivity contribution in [3.8, 4) is 0 Å². The smallest absolute Gasteiger partial charge is 0.323 e. The summed E-state index contributed by atoms with van der Waals surface area (Å²) in [6.07, 6.45) is 0.791. The average molecular weight is 522 g/mol. The predicted octanol–water partition coefficient (Wildman–Crippen LogP) is 2.63. The number of nitrogens with zero attached hydrogens (tertiary/aromatic N) is 2. The Balaban J connectivity index is 1.56. The Labute approximate surface area is 209 Å². The van der Waals surface area contributed by atoms with E-state index in [0.717, 1.165) is 17.0 Å². The van der Waals surface area contributed by atoms with E-state index in [4.69, 9.17) is 23.1 Å². The summed E-state index contributed by atoms with van der Waals surface area (Å²) in [4.78, 5) is 39.1. The van der Waals surface area contributed by atoms with Crippen molar-refractivity contribution in [3.63, 3.8) is 0 Å². The van der Waals surface area contributed by atoms with Crippen LogP contribution in [0.1, 0.15) is 17.5 Å². The molecule has 0 bridgehead atoms. The number of para-hydroxylation sites is 1. The molecule has 1 aliphatic heterocycles. The van der Waals surface area contributed by atoms with Crippen molar-refractivity contribution in [2.75, 3.05) is 13.1 Å². The number of primary amides is 1. The van der Waals surface area contributed by atoms with Crippen LogP contribution in [-0.2, 0) is 22.6 Å². The van der Waals surface area contributed by atoms with Gasteiger partial charge in [-0.1, -0.05) is 29.8 Å². The summed E-state index contributed by atoms with van der Waals surface area (Å²) in [6, 6.07) is 6.80. The normalized spacial score (nSPS) is 19.6. The quantitative estimate of drug-likeness (QED) is 0.431. The van der Waals surface area contributed by atoms with E-state index in [0.29, 0.717) is 16.5 Å². The van der Waals surface area contributed by atoms with E-state index in [2.05, 4.69) is 5.32 Å². The van der Waals surface area contributed by atoms with Crippen LogP contribution >= 0.6 is 11.6 Å². The van der Waals surface area contributed by atoms with Gasteiger partial charge in [-0.2, -0.15) is 0 Å². The van der Waals surface area contributed by atoms with Crippen molar-refractivity contribution >= 4 is 40.3 Å². The van der Waals surface area contributed by atoms with Gasteiger partial charge in [0.15, 0.2) is 0 Å². The maximum absolute atomic E-state index is 15.2. The zero-order valence-electron chi connectivity index (χ0n) is 18.9. The van der Waals surface area contributed by atoms with Crippen LogP contribution in [0.15, 0.2) is 42.6 Å². The minimum Gasteiger partial charge on any atom is -0.351 e. The third-order valence-electron chi connectivity index (χ3n) is 6.33. The molecule has 0 saturated carbocycles. The van der Waals surface area contributed by atoms with Crippen molar-refractivity contribution in [2.45, 2.75) is 31.1 Å². The number of nitrogens with one attached hydrogen (secondary N) is 1. The number of alkyl halides is 1. The van der Waals surface area contributed by atoms with E-state index in [1.54, 1.807) is 24.3 Å². The molecule has 3 amide bonds. The molecule has 1 aromatic heterocycles. The molecule has 1 saturated heterocycles. The van der Waals surface area contributed by atoms with E-state index in [1.807, 2.05) is 0 Å². The Kier molecular flexibility index (Phi) is 6.96. The van der Waals surface area contributed by atoms with E-state index in [9.17, 15) is 23.2 Å². The summed E-state index contributed by atoms with van der Waals surface area (Å²) in [5.74, 6) is -3.32. The van der Waals surface area contributed by atoms with Crippen LogP contribution in [0.2, 0.25) is 5.02 Å². The van der Waals surface area contributed by atoms with Crippen LogP contribution < -0.4 is 16.8 Å². The fourth-order valence-electron chi connectivity index (χ4n) is 4.44. The molecule has 0 radical (unpaired) electrons. The lowest BCUT2D eigenvalue weighted by Gasteiger charge is -2.24. The Morgan fingerprint density at radius 2 is 1.89 bits per heavy atom. The number of amides is 3. The third-order valence-corrected chi connectivity index (χ3v) is 6.62. The molecule has 4 rings (SSSR count). The fraction of sp³-hybridized carbons (Fsp3) is 0.292. The molecular formula is C24H23ClF3N5O3. The number of hydrogen-bond acceptors (Lipinski definition) is 4. The molecule has 8 nitrogen and oxygen atoms in total. The first kappa shape index (κ1) is 25.5. The van der Waals surface area contributed by atoms with Crippen LogP contribution in [-0.4, -0.2) is 52.1 Å². The molecular weight excluding hydrogens is 499 g/mol. The second kappa shape index (κ2) is 9.82. The maximum Gasteiger partial charge on any atom is 0.323 e. The van der Waals surface area contributed by atoms with Crippen molar-refractivity contribution in [2.24, 2.45) is 11.5 Å². The Morgan fingerprint density at radius 1 is 1.17 bits per heavy atom. The molecule has 2 aromatic carbocycles. The van der Waals surface area contributed by atoms with Crippen LogP contribution in [0.25, 0.3) is 10.9 Å². The Bertz CT molecular complexity index is 1360. The van der Waals surface area contributed by atoms with Gasteiger partial charge in [0.25, 0.3) is 0 Å². The number of carbonyl (C=O) groups excluding carboxylic acids is 3. The largest absolute Gasteiger partial charge is 0.351 e. The second-order valence-electron chi connectivity index (χ2n) is 8.69. The third kappa shape index (κ3) is 4.76. The van der Waals surface area contributed by atoms with Gasteiger partial charge in [-0.05, 0) is 23.8 Å². The van der Waals surface area contributed by atoms with Gasteiger partial charge in [-0.15, -0.1) is 0 Å². The molecule has 190 valence electrons. The SMILES string of the molecule is NC[C@@]1(F)C[C@@H](C(=O)NCc2c(F)ccc(Cl)c2F)N(C(=O)Cc2cn(C(N)=O)c3ccccc23)C1. The first-order valence-electron chi connectivity index (χ1n) is 11.0. The van der Waals surface area contributed by atoms with Gasteiger partial charge >= 0.3 is 6.03 Å². The molecule has 1 aliphatic rings. The summed E-state index contributed by atoms with van der Waals surface area (Å²) in [5, 5.41) is 2.64. The summed E-state index contributed by atoms with van der Waals surface area (Å²) in [7, 11) is 0. The molecule has 2 atom stereocenters. The molecule has 0 unspecified atom stereocenters. The zero-order chi connectivity index (χ0) is 26.2. The van der Waals surface area contributed by atoms with Gasteiger partial charge in [0, 0.05) is 36.7 Å². The monoisotopic (exact) mass is 521 g/mol. The topological polar surface area (TPSA) is 123 Å². The molecule has 12 heteroatoms. The summed E-state index contributed by atoms with van der Waals surface area (Å²) in [6.45, 7) is -1.42. The molecule has 1 fully saturated rings. The lowest BCUT2D eigenvalue weighted by Crippen LogP contribution is -2.46. The molecule has 0 aliphatic carbocycles. The number of benzene rings is 2. The number of carbonyl (C=O) groups is 3. The maximum atomic E-state index is 15.2. The first-order chi connectivity index (χ1) is 17.0. The average Bonchev–Trinajstić information content (AvgIpc) is 3.40. The molecule has 0 spiro atoms. The summed E-state index contributed by atoms with van der Waals surface area (Å²) >= 11 is 5.69. The molecule has 5 N–H and O–H groups in total. The summed E-state index contributed by atoms with van der Waals surface area (Å²) < 4.78 is 44.6. The highest BCUT2D eigenvalue weighted by molar-refractivity contribution is 6.30. The number of halogens is 4. The highest BCUT2D eigenvalue weighted by Crippen LogP contribution is 2.32. The van der Waals surface area contributed by atoms with Crippen molar-refractivity contribution < 1.29 is 27.6 Å². The van der Waals surface area contributed by atoms with Crippen molar-refractivity contribution in [1.82, 2.24) is 14.8 Å². The Hall–Kier alpha value is -3.57. The van der Waals surface area contributed by atoms with Gasteiger partial charge in [0.2, 0.25) is 11.8 Å². The van der Waals surface area contributed by atoms with Gasteiger partial charge in [0.05, 0.1) is 23.5 Å². The predicted molar refractivity (Wildman–Crippen MR) is 127 cm³/mol. The minimum absolute atomic E-state index is 0.247. The zero-order valence-corrected chi connectivity index (χ0v) is 19.7. The van der Waals surface area contributed by atoms with Crippen LogP contribution in [0.3, 0.4) is 0 Å². The van der Waals surface area contributed by atoms with E-state index in [1.165, 1.54) is 10.8 Å². The first-order valence-corrected chi connectivity index (χ1v) is 11.4. The standard InChI is InChI=1S/C24H23ClF3N5O3/c25-16-5-6-17(26)15(21(16)27)9-31-22(35)19-8-24(28,11-29)12-33(19)20(34)7-13-10-32(23(30)36)18-4-2-1-3-14(13)18/h1-6,10,19H,7-9,11-12,29H2,(H2,30,36)(H,31,35)/t19-,24-/m0/s1. The van der Waals surface area contributed by atoms with Gasteiger partial charge in [0.1, 0.15) is 23.3 Å². The number of nitrogens with two attached hydrogens (primary N) is 2. The number of likely N-dealkylation sites (tertiary alicyclic amines) is 1. The fourth-order valence-corrected chi connectivity index (χ4v) is 4.62. The lowest BCUT2D eigenvalue weighted by atomic mass is 10.0. The highest BCUT2D eigenvalue weighted by Gasteiger charge is 2.48. The number of aromatic nitrogens is 1. The van der Waals surface area contributed by atoms with Gasteiger partial charge < -0.3 is 21.7 Å². The van der Waals surface area contributed by atoms with Crippen LogP contribution in [0.5, 0.6) is 0 Å². The van der Waals surface area contributed by atoms with Gasteiger partial charge in [-0.3, -0.25) is 14.2 Å².